The van der Waals surface area contributed by atoms with E-state index in [0.717, 1.165) is 24.2 Å². The molecule has 2 aromatic rings. The second-order valence-electron chi connectivity index (χ2n) is 8.06. The number of phenols is 1. The van der Waals surface area contributed by atoms with E-state index in [1.807, 2.05) is 0 Å². The van der Waals surface area contributed by atoms with E-state index in [0.29, 0.717) is 30.7 Å². The van der Waals surface area contributed by atoms with Crippen molar-refractivity contribution in [1.29, 1.82) is 0 Å². The highest BCUT2D eigenvalue weighted by Gasteiger charge is 2.19. The van der Waals surface area contributed by atoms with Crippen molar-refractivity contribution in [3.8, 4) is 5.75 Å². The number of nitrogens with zero attached hydrogens (tertiary/aromatic N) is 2. The van der Waals surface area contributed by atoms with E-state index in [-0.39, 0.29) is 29.4 Å². The third-order valence-corrected chi connectivity index (χ3v) is 4.98. The summed E-state index contributed by atoms with van der Waals surface area (Å²) in [6.45, 7) is 7.27. The molecule has 1 heterocycles. The summed E-state index contributed by atoms with van der Waals surface area (Å²) in [5, 5.41) is 16.8. The first-order valence-electron chi connectivity index (χ1n) is 9.61. The van der Waals surface area contributed by atoms with Crippen molar-refractivity contribution in [3.05, 3.63) is 46.7 Å². The van der Waals surface area contributed by atoms with E-state index in [4.69, 9.17) is 4.42 Å². The number of hydrogen-bond donors (Lipinski definition) is 3. The normalized spacial score (nSPS) is 14.2. The van der Waals surface area contributed by atoms with E-state index in [9.17, 15) is 5.11 Å². The zero-order valence-electron chi connectivity index (χ0n) is 17.1. The number of rotatable bonds is 4. The molecule has 1 aromatic heterocycles. The van der Waals surface area contributed by atoms with Crippen LogP contribution in [0.4, 0.5) is 0 Å². The molecule has 6 nitrogen and oxygen atoms in total. The molecule has 0 unspecified atom stereocenters. The second-order valence-corrected chi connectivity index (χ2v) is 8.06. The topological polar surface area (TPSA) is 82.7 Å². The van der Waals surface area contributed by atoms with Crippen LogP contribution in [0.25, 0.3) is 0 Å². The molecule has 1 aliphatic rings. The van der Waals surface area contributed by atoms with Gasteiger partial charge in [0, 0.05) is 24.6 Å². The number of oxazole rings is 1. The van der Waals surface area contributed by atoms with Crippen LogP contribution in [0.3, 0.4) is 0 Å². The Morgan fingerprint density at radius 1 is 1.18 bits per heavy atom. The zero-order valence-corrected chi connectivity index (χ0v) is 19.5. The molecule has 3 rings (SSSR count). The monoisotopic (exact) mass is 498 g/mol. The van der Waals surface area contributed by atoms with Crippen molar-refractivity contribution in [2.45, 2.75) is 65.0 Å². The lowest BCUT2D eigenvalue weighted by Crippen LogP contribution is -2.36. The van der Waals surface area contributed by atoms with Crippen LogP contribution in [0, 0.1) is 0 Å². The van der Waals surface area contributed by atoms with Gasteiger partial charge in [0.2, 0.25) is 5.89 Å². The maximum absolute atomic E-state index is 10.3. The molecule has 1 aliphatic carbocycles. The number of hydrogen-bond acceptors (Lipinski definition) is 4. The summed E-state index contributed by atoms with van der Waals surface area (Å²) in [4.78, 5) is 8.59. The fraction of sp³-hybridized carbons (Fsp3) is 0.524. The summed E-state index contributed by atoms with van der Waals surface area (Å²) in [6.07, 6.45) is 6.30. The number of halogens is 1. The molecule has 0 radical (unpaired) electrons. The number of guanidine groups is 1. The molecule has 0 fully saturated rings. The number of aromatic nitrogens is 1. The number of aromatic hydroxyl groups is 1. The quantitative estimate of drug-likeness (QED) is 0.337. The highest BCUT2D eigenvalue weighted by Crippen LogP contribution is 2.30. The average Bonchev–Trinajstić information content (AvgIpc) is 3.12. The third kappa shape index (κ3) is 5.40. The van der Waals surface area contributed by atoms with Crippen LogP contribution in [-0.2, 0) is 31.3 Å². The minimum absolute atomic E-state index is 0. The van der Waals surface area contributed by atoms with Gasteiger partial charge in [-0.1, -0.05) is 26.8 Å². The highest BCUT2D eigenvalue weighted by molar-refractivity contribution is 14.0. The van der Waals surface area contributed by atoms with Gasteiger partial charge in [0.15, 0.2) is 5.96 Å². The molecule has 0 atom stereocenters. The van der Waals surface area contributed by atoms with Gasteiger partial charge in [-0.2, -0.15) is 0 Å². The molecule has 0 saturated carbocycles. The largest absolute Gasteiger partial charge is 0.508 e. The molecule has 1 aromatic carbocycles. The van der Waals surface area contributed by atoms with Crippen molar-refractivity contribution in [3.63, 3.8) is 0 Å². The molecular formula is C21H31IN4O2. The molecule has 7 heteroatoms. The molecule has 0 saturated heterocycles. The van der Waals surface area contributed by atoms with E-state index in [2.05, 4.69) is 47.4 Å². The van der Waals surface area contributed by atoms with Gasteiger partial charge in [-0.3, -0.25) is 4.99 Å². The Kier molecular flexibility index (Phi) is 7.74. The molecule has 154 valence electrons. The SMILES string of the molecule is CN=C(NCc1ncc(C(C)(C)C)o1)NCc1c(O)ccc2c1CCCC2.I. The van der Waals surface area contributed by atoms with Crippen molar-refractivity contribution < 1.29 is 9.52 Å². The Hall–Kier alpha value is -1.77. The summed E-state index contributed by atoms with van der Waals surface area (Å²) in [6, 6.07) is 3.86. The lowest BCUT2D eigenvalue weighted by molar-refractivity contribution is 0.379. The van der Waals surface area contributed by atoms with E-state index in [1.165, 1.54) is 24.0 Å². The molecule has 0 amide bonds. The van der Waals surface area contributed by atoms with Gasteiger partial charge in [-0.15, -0.1) is 24.0 Å². The van der Waals surface area contributed by atoms with Crippen LogP contribution in [0.5, 0.6) is 5.75 Å². The molecule has 0 bridgehead atoms. The van der Waals surface area contributed by atoms with Crippen molar-refractivity contribution in [1.82, 2.24) is 15.6 Å². The van der Waals surface area contributed by atoms with Crippen LogP contribution < -0.4 is 10.6 Å². The summed E-state index contributed by atoms with van der Waals surface area (Å²) in [5.74, 6) is 2.49. The number of aliphatic imine (C=N–C) groups is 1. The summed E-state index contributed by atoms with van der Waals surface area (Å²) in [7, 11) is 1.73. The van der Waals surface area contributed by atoms with Gasteiger partial charge in [0.05, 0.1) is 12.7 Å². The van der Waals surface area contributed by atoms with Gasteiger partial charge in [0.25, 0.3) is 0 Å². The predicted molar refractivity (Wildman–Crippen MR) is 122 cm³/mol. The maximum Gasteiger partial charge on any atom is 0.213 e. The van der Waals surface area contributed by atoms with Crippen LogP contribution in [0.1, 0.15) is 62.0 Å². The van der Waals surface area contributed by atoms with Gasteiger partial charge >= 0.3 is 0 Å². The number of benzene rings is 1. The Bertz CT molecular complexity index is 824. The van der Waals surface area contributed by atoms with E-state index >= 15 is 0 Å². The summed E-state index contributed by atoms with van der Waals surface area (Å²) < 4.78 is 5.80. The first kappa shape index (κ1) is 22.5. The molecule has 28 heavy (non-hydrogen) atoms. The fourth-order valence-electron chi connectivity index (χ4n) is 3.38. The van der Waals surface area contributed by atoms with Crippen LogP contribution in [-0.4, -0.2) is 23.1 Å². The van der Waals surface area contributed by atoms with E-state index in [1.54, 1.807) is 19.3 Å². The number of fused-ring (bicyclic) bond motifs is 1. The molecular weight excluding hydrogens is 467 g/mol. The second kappa shape index (κ2) is 9.62. The Morgan fingerprint density at radius 2 is 1.89 bits per heavy atom. The van der Waals surface area contributed by atoms with Gasteiger partial charge in [-0.25, -0.2) is 4.98 Å². The minimum atomic E-state index is -0.0604. The van der Waals surface area contributed by atoms with Crippen LogP contribution in [0.2, 0.25) is 0 Å². The highest BCUT2D eigenvalue weighted by atomic mass is 127. The van der Waals surface area contributed by atoms with Crippen LogP contribution >= 0.6 is 24.0 Å². The summed E-state index contributed by atoms with van der Waals surface area (Å²) in [5.41, 5.74) is 3.55. The van der Waals surface area contributed by atoms with Gasteiger partial charge in [-0.05, 0) is 42.9 Å². The molecule has 3 N–H and O–H groups in total. The maximum atomic E-state index is 10.3. The first-order chi connectivity index (χ1) is 12.9. The number of aryl methyl sites for hydroxylation is 1. The summed E-state index contributed by atoms with van der Waals surface area (Å²) >= 11 is 0. The zero-order chi connectivity index (χ0) is 19.4. The third-order valence-electron chi connectivity index (χ3n) is 4.98. The molecule has 0 spiro atoms. The average molecular weight is 498 g/mol. The first-order valence-corrected chi connectivity index (χ1v) is 9.61. The van der Waals surface area contributed by atoms with Crippen molar-refractivity contribution in [2.75, 3.05) is 7.05 Å². The lowest BCUT2D eigenvalue weighted by Gasteiger charge is -2.21. The van der Waals surface area contributed by atoms with Crippen LogP contribution in [0.15, 0.2) is 27.7 Å². The molecule has 0 aliphatic heterocycles. The number of phenolic OH excluding ortho intramolecular Hbond substituents is 1. The van der Waals surface area contributed by atoms with Gasteiger partial charge < -0.3 is 20.2 Å². The van der Waals surface area contributed by atoms with Gasteiger partial charge in [0.1, 0.15) is 11.5 Å². The Morgan fingerprint density at radius 3 is 2.57 bits per heavy atom. The van der Waals surface area contributed by atoms with Crippen molar-refractivity contribution >= 4 is 29.9 Å². The Balaban J connectivity index is 0.00000280. The Labute approximate surface area is 184 Å². The standard InChI is InChI=1S/C21H30N4O2.HI/c1-21(2,3)18-12-23-19(27-18)13-25-20(22-4)24-11-16-15-8-6-5-7-14(15)9-10-17(16)26;/h9-10,12,26H,5-8,11,13H2,1-4H3,(H2,22,24,25);1H. The minimum Gasteiger partial charge on any atom is -0.508 e. The number of nitrogens with one attached hydrogen (secondary N) is 2. The van der Waals surface area contributed by atoms with Crippen molar-refractivity contribution in [2.24, 2.45) is 4.99 Å². The fourth-order valence-corrected chi connectivity index (χ4v) is 3.38. The van der Waals surface area contributed by atoms with E-state index < -0.39 is 0 Å². The lowest BCUT2D eigenvalue weighted by atomic mass is 9.88. The smallest absolute Gasteiger partial charge is 0.213 e. The predicted octanol–water partition coefficient (Wildman–Crippen LogP) is 4.04.